The topological polar surface area (TPSA) is 91.0 Å². The number of aromatic nitrogens is 2. The van der Waals surface area contributed by atoms with Crippen LogP contribution in [0.5, 0.6) is 0 Å². The van der Waals surface area contributed by atoms with Crippen molar-refractivity contribution >= 4 is 69.1 Å². The van der Waals surface area contributed by atoms with Crippen molar-refractivity contribution in [3.63, 3.8) is 0 Å². The number of carbonyl (C=O) groups excluding carboxylic acids is 1. The van der Waals surface area contributed by atoms with Gasteiger partial charge in [-0.1, -0.05) is 35.4 Å². The van der Waals surface area contributed by atoms with Crippen LogP contribution in [0, 0.1) is 5.92 Å². The van der Waals surface area contributed by atoms with Gasteiger partial charge in [0.05, 0.1) is 10.7 Å². The highest BCUT2D eigenvalue weighted by molar-refractivity contribution is 7.80. The summed E-state index contributed by atoms with van der Waals surface area (Å²) in [7, 11) is 0. The van der Waals surface area contributed by atoms with Crippen LogP contribution in [0.1, 0.15) is 42.6 Å². The van der Waals surface area contributed by atoms with Gasteiger partial charge in [0.25, 0.3) is 5.91 Å². The summed E-state index contributed by atoms with van der Waals surface area (Å²) >= 11 is 13.0. The normalized spacial score (nSPS) is 13.8. The van der Waals surface area contributed by atoms with Crippen molar-refractivity contribution in [2.75, 3.05) is 27.8 Å². The summed E-state index contributed by atoms with van der Waals surface area (Å²) in [6.45, 7) is 0.962. The molecule has 1 aliphatic rings. The molecule has 4 rings (SSSR count). The zero-order valence-electron chi connectivity index (χ0n) is 17.9. The zero-order chi connectivity index (χ0) is 23.0. The largest absolute Gasteiger partial charge is 0.384 e. The molecule has 0 aliphatic heterocycles. The Bertz CT molecular complexity index is 1080. The highest BCUT2D eigenvalue weighted by atomic mass is 35.5. The maximum atomic E-state index is 12.0. The van der Waals surface area contributed by atoms with Gasteiger partial charge in [-0.15, -0.1) is 5.10 Å². The molecule has 1 saturated carbocycles. The molecule has 0 atom stereocenters. The Morgan fingerprint density at radius 1 is 1.00 bits per heavy atom. The SMILES string of the molecule is O=C(Nc1ccc(NC(=S)Nc2ccc(NCC3CCCCC3)c(Cl)c2)cc1)c1csnn1. The molecule has 0 spiro atoms. The van der Waals surface area contributed by atoms with E-state index in [-0.39, 0.29) is 5.91 Å². The Balaban J connectivity index is 1.26. The second-order valence-corrected chi connectivity index (χ2v) is 9.41. The van der Waals surface area contributed by atoms with Crippen LogP contribution in [-0.2, 0) is 0 Å². The van der Waals surface area contributed by atoms with Gasteiger partial charge in [-0.3, -0.25) is 4.79 Å². The Kier molecular flexibility index (Phi) is 8.09. The number of rotatable bonds is 7. The number of hydrogen-bond donors (Lipinski definition) is 4. The first-order valence-corrected chi connectivity index (χ1v) is 12.5. The monoisotopic (exact) mass is 500 g/mol. The summed E-state index contributed by atoms with van der Waals surface area (Å²) in [5.41, 5.74) is 3.49. The summed E-state index contributed by atoms with van der Waals surface area (Å²) < 4.78 is 3.69. The van der Waals surface area contributed by atoms with E-state index in [2.05, 4.69) is 30.9 Å². The average molecular weight is 501 g/mol. The van der Waals surface area contributed by atoms with E-state index >= 15 is 0 Å². The molecule has 0 radical (unpaired) electrons. The van der Waals surface area contributed by atoms with Gasteiger partial charge in [-0.05, 0) is 85.0 Å². The lowest BCUT2D eigenvalue weighted by atomic mass is 9.89. The number of carbonyl (C=O) groups is 1. The lowest BCUT2D eigenvalue weighted by Crippen LogP contribution is -2.19. The summed E-state index contributed by atoms with van der Waals surface area (Å²) in [5, 5.41) is 19.0. The minimum absolute atomic E-state index is 0.293. The Hall–Kier alpha value is -2.75. The summed E-state index contributed by atoms with van der Waals surface area (Å²) in [6.07, 6.45) is 6.60. The third-order valence-electron chi connectivity index (χ3n) is 5.53. The Morgan fingerprint density at radius 3 is 2.33 bits per heavy atom. The van der Waals surface area contributed by atoms with Crippen molar-refractivity contribution in [3.05, 3.63) is 58.6 Å². The van der Waals surface area contributed by atoms with E-state index in [0.29, 0.717) is 21.5 Å². The average Bonchev–Trinajstić information content (AvgIpc) is 3.36. The molecular formula is C23H25ClN6OS2. The molecule has 1 heterocycles. The summed E-state index contributed by atoms with van der Waals surface area (Å²) in [4.78, 5) is 12.0. The molecule has 0 bridgehead atoms. The third-order valence-corrected chi connectivity index (χ3v) is 6.55. The van der Waals surface area contributed by atoms with E-state index in [0.717, 1.165) is 41.1 Å². The van der Waals surface area contributed by atoms with Crippen LogP contribution in [0.2, 0.25) is 5.02 Å². The fourth-order valence-corrected chi connectivity index (χ4v) is 4.69. The summed E-state index contributed by atoms with van der Waals surface area (Å²) in [5.74, 6) is 0.434. The van der Waals surface area contributed by atoms with Crippen LogP contribution in [-0.4, -0.2) is 27.2 Å². The zero-order valence-corrected chi connectivity index (χ0v) is 20.3. The first-order valence-electron chi connectivity index (χ1n) is 10.9. The van der Waals surface area contributed by atoms with Gasteiger partial charge in [-0.2, -0.15) is 0 Å². The fraction of sp³-hybridized carbons (Fsp3) is 0.304. The quantitative estimate of drug-likeness (QED) is 0.285. The van der Waals surface area contributed by atoms with Crippen LogP contribution >= 0.6 is 35.4 Å². The van der Waals surface area contributed by atoms with Crippen molar-refractivity contribution in [1.82, 2.24) is 9.59 Å². The van der Waals surface area contributed by atoms with E-state index in [4.69, 9.17) is 23.8 Å². The maximum Gasteiger partial charge on any atom is 0.277 e. The predicted molar refractivity (Wildman–Crippen MR) is 141 cm³/mol. The number of nitrogens with zero attached hydrogens (tertiary/aromatic N) is 2. The van der Waals surface area contributed by atoms with Crippen LogP contribution < -0.4 is 21.3 Å². The van der Waals surface area contributed by atoms with Gasteiger partial charge in [0.15, 0.2) is 10.8 Å². The number of amides is 1. The van der Waals surface area contributed by atoms with Crippen LogP contribution in [0.4, 0.5) is 22.7 Å². The van der Waals surface area contributed by atoms with Gasteiger partial charge in [0, 0.05) is 29.0 Å². The van der Waals surface area contributed by atoms with E-state index in [9.17, 15) is 4.79 Å². The van der Waals surface area contributed by atoms with Gasteiger partial charge >= 0.3 is 0 Å². The molecule has 1 fully saturated rings. The highest BCUT2D eigenvalue weighted by Gasteiger charge is 2.14. The predicted octanol–water partition coefficient (Wildman–Crippen LogP) is 6.24. The second kappa shape index (κ2) is 11.4. The molecule has 7 nitrogen and oxygen atoms in total. The number of hydrogen-bond acceptors (Lipinski definition) is 6. The molecule has 0 saturated heterocycles. The van der Waals surface area contributed by atoms with Crippen molar-refractivity contribution in [3.8, 4) is 0 Å². The lowest BCUT2D eigenvalue weighted by Gasteiger charge is -2.22. The van der Waals surface area contributed by atoms with Crippen molar-refractivity contribution in [2.45, 2.75) is 32.1 Å². The molecule has 0 unspecified atom stereocenters. The van der Waals surface area contributed by atoms with Crippen molar-refractivity contribution in [2.24, 2.45) is 5.92 Å². The van der Waals surface area contributed by atoms with Crippen molar-refractivity contribution < 1.29 is 4.79 Å². The number of thiocarbonyl (C=S) groups is 1. The second-order valence-electron chi connectivity index (χ2n) is 7.98. The van der Waals surface area contributed by atoms with Gasteiger partial charge in [0.1, 0.15) is 0 Å². The van der Waals surface area contributed by atoms with E-state index in [1.807, 2.05) is 30.3 Å². The maximum absolute atomic E-state index is 12.0. The first-order chi connectivity index (χ1) is 16.1. The van der Waals surface area contributed by atoms with Gasteiger partial charge < -0.3 is 21.3 Å². The molecule has 33 heavy (non-hydrogen) atoms. The molecule has 3 aromatic rings. The molecule has 1 aliphatic carbocycles. The summed E-state index contributed by atoms with van der Waals surface area (Å²) in [6, 6.07) is 13.0. The Labute approximate surface area is 207 Å². The number of benzene rings is 2. The number of nitrogens with one attached hydrogen (secondary N) is 4. The van der Waals surface area contributed by atoms with E-state index < -0.39 is 0 Å². The molecule has 4 N–H and O–H groups in total. The Morgan fingerprint density at radius 2 is 1.67 bits per heavy atom. The molecule has 2 aromatic carbocycles. The van der Waals surface area contributed by atoms with E-state index in [1.165, 1.54) is 32.1 Å². The van der Waals surface area contributed by atoms with E-state index in [1.54, 1.807) is 17.5 Å². The fourth-order valence-electron chi connectivity index (χ4n) is 3.77. The smallest absolute Gasteiger partial charge is 0.277 e. The molecule has 172 valence electrons. The standard InChI is InChI=1S/C23H25ClN6OS2/c24-19-12-18(10-11-20(19)25-13-15-4-2-1-3-5-15)28-23(32)27-17-8-6-16(7-9-17)26-22(31)21-14-33-30-29-21/h6-12,14-15,25H,1-5,13H2,(H,26,31)(H2,27,28,32). The van der Waals surface area contributed by atoms with Crippen molar-refractivity contribution in [1.29, 1.82) is 0 Å². The van der Waals surface area contributed by atoms with Crippen LogP contribution in [0.25, 0.3) is 0 Å². The first kappa shape index (κ1) is 23.4. The van der Waals surface area contributed by atoms with Crippen LogP contribution in [0.15, 0.2) is 47.8 Å². The van der Waals surface area contributed by atoms with Gasteiger partial charge in [0.2, 0.25) is 0 Å². The third kappa shape index (κ3) is 6.86. The molecular weight excluding hydrogens is 476 g/mol. The minimum atomic E-state index is -0.296. The number of halogens is 1. The number of anilines is 4. The highest BCUT2D eigenvalue weighted by Crippen LogP contribution is 2.28. The lowest BCUT2D eigenvalue weighted by molar-refractivity contribution is 0.102. The van der Waals surface area contributed by atoms with Gasteiger partial charge in [-0.25, -0.2) is 0 Å². The van der Waals surface area contributed by atoms with Crippen LogP contribution in [0.3, 0.4) is 0 Å². The molecule has 10 heteroatoms. The molecule has 1 amide bonds. The molecule has 1 aromatic heterocycles. The minimum Gasteiger partial charge on any atom is -0.384 e.